The largest absolute Gasteiger partial charge is 0.388 e. The highest BCUT2D eigenvalue weighted by Crippen LogP contribution is 2.16. The van der Waals surface area contributed by atoms with Gasteiger partial charge < -0.3 is 10.4 Å². The maximum atomic E-state index is 11.2. The van der Waals surface area contributed by atoms with Crippen molar-refractivity contribution >= 4 is 15.5 Å². The number of nitrogens with one attached hydrogen (secondary N) is 1. The lowest BCUT2D eigenvalue weighted by molar-refractivity contribution is 0.0649. The van der Waals surface area contributed by atoms with E-state index in [1.165, 1.54) is 12.3 Å². The Morgan fingerprint density at radius 1 is 1.41 bits per heavy atom. The first-order chi connectivity index (χ1) is 7.60. The first-order valence-corrected chi connectivity index (χ1v) is 7.15. The Labute approximate surface area is 102 Å². The van der Waals surface area contributed by atoms with E-state index >= 15 is 0 Å². The summed E-state index contributed by atoms with van der Waals surface area (Å²) in [6.45, 7) is 5.23. The standard InChI is InChI=1S/C11H18N2O3S/c1-8(11(2,3)14)13-9-5-6-10(12-7-9)17(4,15)16/h5-8,13-14H,1-4H3. The number of aliphatic hydroxyl groups is 1. The molecule has 1 atom stereocenters. The first kappa shape index (κ1) is 13.9. The Morgan fingerprint density at radius 3 is 2.35 bits per heavy atom. The summed E-state index contributed by atoms with van der Waals surface area (Å²) < 4.78 is 22.4. The molecular weight excluding hydrogens is 240 g/mol. The van der Waals surface area contributed by atoms with Gasteiger partial charge in [-0.3, -0.25) is 0 Å². The molecule has 0 bridgehead atoms. The van der Waals surface area contributed by atoms with Crippen molar-refractivity contribution in [2.75, 3.05) is 11.6 Å². The van der Waals surface area contributed by atoms with Crippen molar-refractivity contribution in [3.8, 4) is 0 Å². The first-order valence-electron chi connectivity index (χ1n) is 5.26. The van der Waals surface area contributed by atoms with E-state index in [-0.39, 0.29) is 11.1 Å². The van der Waals surface area contributed by atoms with Crippen LogP contribution in [0, 0.1) is 0 Å². The van der Waals surface area contributed by atoms with Crippen molar-refractivity contribution in [2.24, 2.45) is 0 Å². The lowest BCUT2D eigenvalue weighted by Gasteiger charge is -2.27. The predicted molar refractivity (Wildman–Crippen MR) is 66.7 cm³/mol. The Kier molecular flexibility index (Phi) is 3.78. The molecule has 0 fully saturated rings. The third-order valence-electron chi connectivity index (χ3n) is 2.56. The van der Waals surface area contributed by atoms with Crippen LogP contribution in [0.25, 0.3) is 0 Å². The van der Waals surface area contributed by atoms with Gasteiger partial charge in [-0.1, -0.05) is 0 Å². The van der Waals surface area contributed by atoms with Gasteiger partial charge in [-0.25, -0.2) is 13.4 Å². The quantitative estimate of drug-likeness (QED) is 0.844. The van der Waals surface area contributed by atoms with Gasteiger partial charge in [0.05, 0.1) is 23.5 Å². The summed E-state index contributed by atoms with van der Waals surface area (Å²) in [5.74, 6) is 0. The predicted octanol–water partition coefficient (Wildman–Crippen LogP) is 1.06. The smallest absolute Gasteiger partial charge is 0.192 e. The molecule has 0 aliphatic rings. The average molecular weight is 258 g/mol. The number of sulfone groups is 1. The van der Waals surface area contributed by atoms with Crippen molar-refractivity contribution in [1.82, 2.24) is 4.98 Å². The number of pyridine rings is 1. The van der Waals surface area contributed by atoms with Crippen LogP contribution < -0.4 is 5.32 Å². The molecule has 0 radical (unpaired) electrons. The van der Waals surface area contributed by atoms with Crippen LogP contribution in [-0.4, -0.2) is 36.4 Å². The minimum Gasteiger partial charge on any atom is -0.388 e. The van der Waals surface area contributed by atoms with Gasteiger partial charge in [0, 0.05) is 6.26 Å². The third-order valence-corrected chi connectivity index (χ3v) is 3.56. The molecule has 96 valence electrons. The van der Waals surface area contributed by atoms with E-state index in [1.807, 2.05) is 6.92 Å². The maximum Gasteiger partial charge on any atom is 0.192 e. The zero-order chi connectivity index (χ0) is 13.3. The highest BCUT2D eigenvalue weighted by molar-refractivity contribution is 7.90. The molecule has 1 rings (SSSR count). The number of aromatic nitrogens is 1. The third kappa shape index (κ3) is 3.98. The molecule has 5 nitrogen and oxygen atoms in total. The lowest BCUT2D eigenvalue weighted by atomic mass is 10.0. The van der Waals surface area contributed by atoms with Crippen LogP contribution in [0.4, 0.5) is 5.69 Å². The number of hydrogen-bond donors (Lipinski definition) is 2. The van der Waals surface area contributed by atoms with Gasteiger partial charge in [0.1, 0.15) is 0 Å². The monoisotopic (exact) mass is 258 g/mol. The van der Waals surface area contributed by atoms with E-state index in [0.717, 1.165) is 6.26 Å². The number of rotatable bonds is 4. The van der Waals surface area contributed by atoms with Crippen molar-refractivity contribution in [1.29, 1.82) is 0 Å². The number of anilines is 1. The van der Waals surface area contributed by atoms with Crippen LogP contribution in [0.3, 0.4) is 0 Å². The summed E-state index contributed by atoms with van der Waals surface area (Å²) in [7, 11) is -3.26. The summed E-state index contributed by atoms with van der Waals surface area (Å²) in [5.41, 5.74) is -0.192. The summed E-state index contributed by atoms with van der Waals surface area (Å²) in [6, 6.07) is 2.90. The van der Waals surface area contributed by atoms with Crippen molar-refractivity contribution < 1.29 is 13.5 Å². The van der Waals surface area contributed by atoms with Gasteiger partial charge in [0.2, 0.25) is 0 Å². The van der Waals surface area contributed by atoms with E-state index in [2.05, 4.69) is 10.3 Å². The van der Waals surface area contributed by atoms with E-state index in [4.69, 9.17) is 0 Å². The van der Waals surface area contributed by atoms with Gasteiger partial charge in [-0.2, -0.15) is 0 Å². The molecule has 1 aromatic rings. The second-order valence-corrected chi connectivity index (χ2v) is 6.64. The van der Waals surface area contributed by atoms with Gasteiger partial charge in [-0.15, -0.1) is 0 Å². The van der Waals surface area contributed by atoms with Gasteiger partial charge in [0.25, 0.3) is 0 Å². The summed E-state index contributed by atoms with van der Waals surface area (Å²) in [5, 5.41) is 12.8. The molecule has 1 aromatic heterocycles. The van der Waals surface area contributed by atoms with E-state index < -0.39 is 15.4 Å². The van der Waals surface area contributed by atoms with Crippen LogP contribution in [0.15, 0.2) is 23.4 Å². The fourth-order valence-corrected chi connectivity index (χ4v) is 1.67. The van der Waals surface area contributed by atoms with Crippen LogP contribution in [0.1, 0.15) is 20.8 Å². The summed E-state index contributed by atoms with van der Waals surface area (Å²) in [4.78, 5) is 3.85. The molecule has 2 N–H and O–H groups in total. The highest BCUT2D eigenvalue weighted by Gasteiger charge is 2.22. The molecule has 1 unspecified atom stereocenters. The fraction of sp³-hybridized carbons (Fsp3) is 0.545. The average Bonchev–Trinajstić information content (AvgIpc) is 2.15. The van der Waals surface area contributed by atoms with Crippen molar-refractivity contribution in [3.63, 3.8) is 0 Å². The molecule has 0 aliphatic carbocycles. The summed E-state index contributed by atoms with van der Waals surface area (Å²) in [6.07, 6.45) is 2.56. The topological polar surface area (TPSA) is 79.3 Å². The second-order valence-electron chi connectivity index (χ2n) is 4.68. The van der Waals surface area contributed by atoms with Crippen LogP contribution in [0.5, 0.6) is 0 Å². The Bertz CT molecular complexity index is 474. The lowest BCUT2D eigenvalue weighted by Crippen LogP contribution is -2.39. The number of hydrogen-bond acceptors (Lipinski definition) is 5. The fourth-order valence-electron chi connectivity index (χ4n) is 1.11. The zero-order valence-corrected chi connectivity index (χ0v) is 11.2. The number of nitrogens with zero attached hydrogens (tertiary/aromatic N) is 1. The Hall–Kier alpha value is -1.14. The maximum absolute atomic E-state index is 11.2. The SMILES string of the molecule is CC(Nc1ccc(S(C)(=O)=O)nc1)C(C)(C)O. The van der Waals surface area contributed by atoms with E-state index in [0.29, 0.717) is 5.69 Å². The van der Waals surface area contributed by atoms with Crippen molar-refractivity contribution in [3.05, 3.63) is 18.3 Å². The highest BCUT2D eigenvalue weighted by atomic mass is 32.2. The van der Waals surface area contributed by atoms with Crippen LogP contribution in [-0.2, 0) is 9.84 Å². The second kappa shape index (κ2) is 4.62. The molecule has 0 aromatic carbocycles. The molecule has 0 spiro atoms. The van der Waals surface area contributed by atoms with Gasteiger partial charge in [0.15, 0.2) is 14.9 Å². The molecule has 0 saturated heterocycles. The molecule has 17 heavy (non-hydrogen) atoms. The molecule has 0 aliphatic heterocycles. The van der Waals surface area contributed by atoms with E-state index in [1.54, 1.807) is 19.9 Å². The van der Waals surface area contributed by atoms with Crippen LogP contribution in [0.2, 0.25) is 0 Å². The molecule has 0 amide bonds. The Balaban J connectivity index is 2.83. The normalized spacial score (nSPS) is 14.4. The zero-order valence-electron chi connectivity index (χ0n) is 10.4. The van der Waals surface area contributed by atoms with E-state index in [9.17, 15) is 13.5 Å². The summed E-state index contributed by atoms with van der Waals surface area (Å²) >= 11 is 0. The Morgan fingerprint density at radius 2 is 2.00 bits per heavy atom. The minimum absolute atomic E-state index is 0.0407. The minimum atomic E-state index is -3.26. The van der Waals surface area contributed by atoms with Gasteiger partial charge >= 0.3 is 0 Å². The molecule has 0 saturated carbocycles. The van der Waals surface area contributed by atoms with Crippen molar-refractivity contribution in [2.45, 2.75) is 37.4 Å². The van der Waals surface area contributed by atoms with Crippen LogP contribution >= 0.6 is 0 Å². The molecule has 6 heteroatoms. The van der Waals surface area contributed by atoms with Gasteiger partial charge in [-0.05, 0) is 32.9 Å². The molecule has 1 heterocycles. The molecular formula is C11H18N2O3S.